The fourth-order valence-corrected chi connectivity index (χ4v) is 6.49. The van der Waals surface area contributed by atoms with Crippen molar-refractivity contribution in [1.82, 2.24) is 21.3 Å². The quantitative estimate of drug-likeness (QED) is 0.0722. The zero-order chi connectivity index (χ0) is 39.7. The molecule has 11 nitrogen and oxygen atoms in total. The van der Waals surface area contributed by atoms with Crippen molar-refractivity contribution in [3.05, 3.63) is 120 Å². The molecule has 0 saturated heterocycles. The highest BCUT2D eigenvalue weighted by Gasteiger charge is 2.32. The number of alkyl carbamates (subject to hydrolysis) is 1. The molecule has 0 heterocycles. The molecule has 55 heavy (non-hydrogen) atoms. The Labute approximate surface area is 324 Å². The lowest BCUT2D eigenvalue weighted by atomic mass is 9.95. The molecule has 4 rings (SSSR count). The highest BCUT2D eigenvalue weighted by atomic mass is 16.5. The van der Waals surface area contributed by atoms with Crippen LogP contribution in [0.3, 0.4) is 0 Å². The molecule has 0 bridgehead atoms. The summed E-state index contributed by atoms with van der Waals surface area (Å²) in [6.07, 6.45) is -0.971. The molecule has 4 aromatic carbocycles. The van der Waals surface area contributed by atoms with E-state index in [4.69, 9.17) is 4.74 Å². The van der Waals surface area contributed by atoms with Gasteiger partial charge in [0, 0.05) is 12.8 Å². The second-order valence-electron chi connectivity index (χ2n) is 14.6. The van der Waals surface area contributed by atoms with E-state index >= 15 is 0 Å². The number of aliphatic hydroxyl groups is 2. The number of aliphatic hydroxyl groups excluding tert-OH is 2. The normalized spacial score (nSPS) is 14.5. The van der Waals surface area contributed by atoms with Gasteiger partial charge in [-0.3, -0.25) is 14.4 Å². The number of rotatable bonds is 20. The Hall–Kier alpha value is -5.26. The maximum Gasteiger partial charge on any atom is 0.408 e. The molecule has 0 radical (unpaired) electrons. The Morgan fingerprint density at radius 2 is 1.27 bits per heavy atom. The molecule has 0 aliphatic heterocycles. The van der Waals surface area contributed by atoms with Crippen molar-refractivity contribution in [3.63, 3.8) is 0 Å². The van der Waals surface area contributed by atoms with Gasteiger partial charge in [-0.1, -0.05) is 137 Å². The molecule has 0 aliphatic carbocycles. The van der Waals surface area contributed by atoms with E-state index in [1.807, 2.05) is 131 Å². The molecule has 0 saturated carbocycles. The van der Waals surface area contributed by atoms with Crippen LogP contribution in [-0.2, 0) is 38.6 Å². The largest absolute Gasteiger partial charge is 0.445 e. The molecule has 6 N–H and O–H groups in total. The van der Waals surface area contributed by atoms with Crippen molar-refractivity contribution in [2.45, 2.75) is 96.7 Å². The minimum Gasteiger partial charge on any atom is -0.445 e. The van der Waals surface area contributed by atoms with E-state index in [2.05, 4.69) is 21.3 Å². The van der Waals surface area contributed by atoms with Crippen LogP contribution < -0.4 is 21.3 Å². The minimum atomic E-state index is -1.24. The standard InChI is InChI=1S/C44H56N4O7/c1-5-30(4)39(27-49)45-41(51)26-40(50)36(23-29(2)3)46-42(52)37(24-31-15-8-6-9-16-31)47-43(53)38(48-44(54)55-28-32-17-10-7-11-18-32)25-34-21-14-20-33-19-12-13-22-35(33)34/h6-22,29-30,36-40,49-50H,5,23-28H2,1-4H3,(H,45,51)(H,46,52)(H,47,53)(H,48,54)/t30-,36-,37-,38-,39+,40-/m0/s1. The van der Waals surface area contributed by atoms with E-state index in [0.29, 0.717) is 6.42 Å². The van der Waals surface area contributed by atoms with Gasteiger partial charge in [0.1, 0.15) is 18.7 Å². The van der Waals surface area contributed by atoms with Gasteiger partial charge in [-0.05, 0) is 45.7 Å². The van der Waals surface area contributed by atoms with E-state index in [9.17, 15) is 29.4 Å². The van der Waals surface area contributed by atoms with E-state index in [1.54, 1.807) is 0 Å². The van der Waals surface area contributed by atoms with Gasteiger partial charge in [0.15, 0.2) is 0 Å². The first-order valence-electron chi connectivity index (χ1n) is 19.1. The second kappa shape index (κ2) is 21.6. The molecule has 294 valence electrons. The Morgan fingerprint density at radius 1 is 0.673 bits per heavy atom. The molecule has 4 aromatic rings. The van der Waals surface area contributed by atoms with Crippen LogP contribution in [0.15, 0.2) is 103 Å². The third-order valence-corrected chi connectivity index (χ3v) is 9.83. The van der Waals surface area contributed by atoms with Gasteiger partial charge in [-0.2, -0.15) is 0 Å². The Morgan fingerprint density at radius 3 is 1.93 bits per heavy atom. The summed E-state index contributed by atoms with van der Waals surface area (Å²) in [4.78, 5) is 54.6. The van der Waals surface area contributed by atoms with Gasteiger partial charge in [-0.25, -0.2) is 4.79 Å². The summed E-state index contributed by atoms with van der Waals surface area (Å²) in [6, 6.07) is 28.4. The fraction of sp³-hybridized carbons (Fsp3) is 0.409. The molecular formula is C44H56N4O7. The zero-order valence-electron chi connectivity index (χ0n) is 32.2. The smallest absolute Gasteiger partial charge is 0.408 e. The average molecular weight is 753 g/mol. The number of carbonyl (C=O) groups is 4. The highest BCUT2D eigenvalue weighted by Crippen LogP contribution is 2.21. The number of amides is 4. The monoisotopic (exact) mass is 752 g/mol. The first-order chi connectivity index (χ1) is 26.5. The van der Waals surface area contributed by atoms with Crippen molar-refractivity contribution >= 4 is 34.6 Å². The summed E-state index contributed by atoms with van der Waals surface area (Å²) in [5.41, 5.74) is 2.39. The van der Waals surface area contributed by atoms with Crippen molar-refractivity contribution in [3.8, 4) is 0 Å². The molecule has 0 spiro atoms. The van der Waals surface area contributed by atoms with Crippen LogP contribution in [-0.4, -0.2) is 70.9 Å². The number of hydrogen-bond acceptors (Lipinski definition) is 7. The summed E-state index contributed by atoms with van der Waals surface area (Å²) >= 11 is 0. The summed E-state index contributed by atoms with van der Waals surface area (Å²) in [6.45, 7) is 7.55. The lowest BCUT2D eigenvalue weighted by Crippen LogP contribution is -2.57. The third-order valence-electron chi connectivity index (χ3n) is 9.83. The Kier molecular flexibility index (Phi) is 16.7. The van der Waals surface area contributed by atoms with Crippen molar-refractivity contribution in [2.24, 2.45) is 11.8 Å². The van der Waals surface area contributed by atoms with Gasteiger partial charge in [-0.15, -0.1) is 0 Å². The zero-order valence-corrected chi connectivity index (χ0v) is 32.2. The minimum absolute atomic E-state index is 0.00416. The van der Waals surface area contributed by atoms with E-state index in [1.165, 1.54) is 0 Å². The number of fused-ring (bicyclic) bond motifs is 1. The topological polar surface area (TPSA) is 166 Å². The van der Waals surface area contributed by atoms with Crippen LogP contribution in [0.25, 0.3) is 10.8 Å². The van der Waals surface area contributed by atoms with Crippen molar-refractivity contribution in [2.75, 3.05) is 6.61 Å². The Balaban J connectivity index is 1.57. The third kappa shape index (κ3) is 13.5. The van der Waals surface area contributed by atoms with Gasteiger partial charge in [0.25, 0.3) is 0 Å². The lowest BCUT2D eigenvalue weighted by Gasteiger charge is -2.29. The van der Waals surface area contributed by atoms with Crippen LogP contribution in [0.2, 0.25) is 0 Å². The number of hydrogen-bond donors (Lipinski definition) is 6. The summed E-state index contributed by atoms with van der Waals surface area (Å²) in [7, 11) is 0. The SMILES string of the molecule is CC[C@H](C)[C@@H](CO)NC(=O)C[C@H](O)[C@H](CC(C)C)NC(=O)[C@H](Cc1ccccc1)NC(=O)[C@H](Cc1cccc2ccccc12)NC(=O)OCc1ccccc1. The van der Waals surface area contributed by atoms with E-state index in [-0.39, 0.29) is 44.3 Å². The van der Waals surface area contributed by atoms with Crippen LogP contribution in [0.5, 0.6) is 0 Å². The molecule has 0 unspecified atom stereocenters. The molecular weight excluding hydrogens is 697 g/mol. The molecule has 11 heteroatoms. The predicted octanol–water partition coefficient (Wildman–Crippen LogP) is 5.21. The predicted molar refractivity (Wildman–Crippen MR) is 214 cm³/mol. The molecule has 0 aromatic heterocycles. The first-order valence-corrected chi connectivity index (χ1v) is 19.1. The van der Waals surface area contributed by atoms with E-state index in [0.717, 1.165) is 33.9 Å². The van der Waals surface area contributed by atoms with Crippen LogP contribution in [0.4, 0.5) is 4.79 Å². The summed E-state index contributed by atoms with van der Waals surface area (Å²) in [5, 5.41) is 34.4. The molecule has 6 atom stereocenters. The molecule has 4 amide bonds. The van der Waals surface area contributed by atoms with E-state index < -0.39 is 54.1 Å². The maximum absolute atomic E-state index is 14.3. The van der Waals surface area contributed by atoms with Gasteiger partial charge >= 0.3 is 6.09 Å². The van der Waals surface area contributed by atoms with Crippen LogP contribution in [0, 0.1) is 11.8 Å². The Bertz CT molecular complexity index is 1820. The van der Waals surface area contributed by atoms with Gasteiger partial charge < -0.3 is 36.2 Å². The number of nitrogens with one attached hydrogen (secondary N) is 4. The van der Waals surface area contributed by atoms with Crippen LogP contribution >= 0.6 is 0 Å². The van der Waals surface area contributed by atoms with Crippen molar-refractivity contribution < 1.29 is 34.1 Å². The summed E-state index contributed by atoms with van der Waals surface area (Å²) in [5.74, 6) is -1.51. The fourth-order valence-electron chi connectivity index (χ4n) is 6.49. The van der Waals surface area contributed by atoms with Crippen molar-refractivity contribution in [1.29, 1.82) is 0 Å². The second-order valence-corrected chi connectivity index (χ2v) is 14.6. The lowest BCUT2D eigenvalue weighted by molar-refractivity contribution is -0.131. The number of ether oxygens (including phenoxy) is 1. The molecule has 0 aliphatic rings. The van der Waals surface area contributed by atoms with Crippen LogP contribution in [0.1, 0.15) is 63.6 Å². The highest BCUT2D eigenvalue weighted by molar-refractivity contribution is 5.93. The van der Waals surface area contributed by atoms with Gasteiger partial charge in [0.05, 0.1) is 31.2 Å². The maximum atomic E-state index is 14.3. The van der Waals surface area contributed by atoms with Gasteiger partial charge in [0.2, 0.25) is 17.7 Å². The number of benzene rings is 4. The molecule has 0 fully saturated rings. The number of carbonyl (C=O) groups excluding carboxylic acids is 4. The summed E-state index contributed by atoms with van der Waals surface area (Å²) < 4.78 is 5.50. The average Bonchev–Trinajstić information content (AvgIpc) is 3.18. The first kappa shape index (κ1) is 42.5.